The average molecular weight is 627 g/mol. The SMILES string of the molecule is CC(C)c1ccc(/C=C(/NC(=O)c2ccccc2)C(=O)Nc2cccc(SC(C(=O)Nc3ccncc3)c3ccccc3)c2)cc1. The third-order valence-corrected chi connectivity index (χ3v) is 8.33. The molecule has 8 heteroatoms. The van der Waals surface area contributed by atoms with Crippen molar-refractivity contribution >= 4 is 46.9 Å². The van der Waals surface area contributed by atoms with Gasteiger partial charge in [-0.3, -0.25) is 19.4 Å². The Hall–Kier alpha value is -5.47. The summed E-state index contributed by atoms with van der Waals surface area (Å²) in [6.07, 6.45) is 4.91. The molecular weight excluding hydrogens is 593 g/mol. The second kappa shape index (κ2) is 15.5. The number of thioether (sulfide) groups is 1. The molecule has 3 amide bonds. The quantitative estimate of drug-likeness (QED) is 0.102. The lowest BCUT2D eigenvalue weighted by atomic mass is 10.0. The fraction of sp³-hybridized carbons (Fsp3) is 0.105. The number of hydrogen-bond acceptors (Lipinski definition) is 5. The normalized spacial score (nSPS) is 11.8. The van der Waals surface area contributed by atoms with Crippen molar-refractivity contribution in [2.24, 2.45) is 0 Å². The summed E-state index contributed by atoms with van der Waals surface area (Å²) in [6.45, 7) is 4.23. The minimum atomic E-state index is -0.560. The summed E-state index contributed by atoms with van der Waals surface area (Å²) >= 11 is 1.37. The lowest BCUT2D eigenvalue weighted by Gasteiger charge is -2.18. The van der Waals surface area contributed by atoms with Crippen molar-refractivity contribution in [2.45, 2.75) is 29.9 Å². The fourth-order valence-corrected chi connectivity index (χ4v) is 5.70. The third-order valence-electron chi connectivity index (χ3n) is 7.08. The Morgan fingerprint density at radius 3 is 2.04 bits per heavy atom. The molecule has 7 nitrogen and oxygen atoms in total. The van der Waals surface area contributed by atoms with E-state index in [1.54, 1.807) is 60.9 Å². The molecule has 4 aromatic carbocycles. The summed E-state index contributed by atoms with van der Waals surface area (Å²) in [5, 5.41) is 8.13. The Bertz CT molecular complexity index is 1810. The van der Waals surface area contributed by atoms with Crippen molar-refractivity contribution in [3.8, 4) is 0 Å². The number of anilines is 2. The van der Waals surface area contributed by atoms with Gasteiger partial charge in [0.05, 0.1) is 0 Å². The van der Waals surface area contributed by atoms with E-state index in [4.69, 9.17) is 0 Å². The maximum Gasteiger partial charge on any atom is 0.272 e. The van der Waals surface area contributed by atoms with E-state index >= 15 is 0 Å². The molecule has 0 aliphatic rings. The highest BCUT2D eigenvalue weighted by Crippen LogP contribution is 2.37. The van der Waals surface area contributed by atoms with Crippen LogP contribution in [0.1, 0.15) is 52.1 Å². The lowest BCUT2D eigenvalue weighted by Crippen LogP contribution is -2.30. The molecule has 1 aromatic heterocycles. The number of aromatic nitrogens is 1. The fourth-order valence-electron chi connectivity index (χ4n) is 4.61. The van der Waals surface area contributed by atoms with Crippen LogP contribution in [-0.2, 0) is 9.59 Å². The number of pyridine rings is 1. The zero-order valence-corrected chi connectivity index (χ0v) is 26.3. The zero-order chi connectivity index (χ0) is 32.3. The molecule has 5 aromatic rings. The van der Waals surface area contributed by atoms with E-state index in [9.17, 15) is 14.4 Å². The van der Waals surface area contributed by atoms with Gasteiger partial charge in [-0.1, -0.05) is 92.7 Å². The number of benzene rings is 4. The molecular formula is C38H34N4O3S. The zero-order valence-electron chi connectivity index (χ0n) is 25.5. The first-order chi connectivity index (χ1) is 22.4. The van der Waals surface area contributed by atoms with E-state index in [-0.39, 0.29) is 11.6 Å². The topological polar surface area (TPSA) is 100 Å². The molecule has 3 N–H and O–H groups in total. The number of rotatable bonds is 11. The minimum Gasteiger partial charge on any atom is -0.325 e. The molecule has 0 aliphatic heterocycles. The first kappa shape index (κ1) is 31.9. The van der Waals surface area contributed by atoms with Crippen LogP contribution in [0.3, 0.4) is 0 Å². The van der Waals surface area contributed by atoms with Crippen molar-refractivity contribution in [3.63, 3.8) is 0 Å². The van der Waals surface area contributed by atoms with Crippen LogP contribution in [0, 0.1) is 0 Å². The molecule has 0 saturated heterocycles. The standard InChI is InChI=1S/C38H34N4O3S/c1-26(2)28-18-16-27(17-19-28)24-34(42-36(43)30-12-7-4-8-13-30)37(44)41-32-14-9-15-33(25-32)46-35(29-10-5-3-6-11-29)38(45)40-31-20-22-39-23-21-31/h3-26,35H,1-2H3,(H,41,44)(H,42,43)(H,39,40,45)/b34-24+. The molecule has 0 saturated carbocycles. The Morgan fingerprint density at radius 2 is 1.37 bits per heavy atom. The van der Waals surface area contributed by atoms with Gasteiger partial charge < -0.3 is 16.0 Å². The Labute approximate surface area is 273 Å². The number of hydrogen-bond donors (Lipinski definition) is 3. The summed E-state index contributed by atoms with van der Waals surface area (Å²) < 4.78 is 0. The van der Waals surface area contributed by atoms with Crippen LogP contribution in [0.25, 0.3) is 6.08 Å². The van der Waals surface area contributed by atoms with Crippen molar-refractivity contribution in [3.05, 3.63) is 162 Å². The Morgan fingerprint density at radius 1 is 0.696 bits per heavy atom. The van der Waals surface area contributed by atoms with Crippen LogP contribution in [0.4, 0.5) is 11.4 Å². The molecule has 1 unspecified atom stereocenters. The average Bonchev–Trinajstić information content (AvgIpc) is 3.08. The summed E-state index contributed by atoms with van der Waals surface area (Å²) in [5.74, 6) is -0.688. The van der Waals surface area contributed by atoms with Gasteiger partial charge in [-0.25, -0.2) is 0 Å². The summed E-state index contributed by atoms with van der Waals surface area (Å²) in [7, 11) is 0. The van der Waals surface area contributed by atoms with Gasteiger partial charge in [-0.05, 0) is 71.1 Å². The Balaban J connectivity index is 1.38. The third kappa shape index (κ3) is 8.80. The van der Waals surface area contributed by atoms with Crippen LogP contribution in [-0.4, -0.2) is 22.7 Å². The highest BCUT2D eigenvalue weighted by molar-refractivity contribution is 8.00. The van der Waals surface area contributed by atoms with E-state index in [0.717, 1.165) is 16.0 Å². The van der Waals surface area contributed by atoms with Crippen molar-refractivity contribution in [1.29, 1.82) is 0 Å². The molecule has 230 valence electrons. The number of nitrogens with one attached hydrogen (secondary N) is 3. The number of carbonyl (C=O) groups excluding carboxylic acids is 3. The monoisotopic (exact) mass is 626 g/mol. The molecule has 0 radical (unpaired) electrons. The maximum atomic E-state index is 13.7. The minimum absolute atomic E-state index is 0.100. The molecule has 0 spiro atoms. The van der Waals surface area contributed by atoms with Crippen molar-refractivity contribution in [2.75, 3.05) is 10.6 Å². The van der Waals surface area contributed by atoms with Crippen LogP contribution < -0.4 is 16.0 Å². The number of nitrogens with zero attached hydrogens (tertiary/aromatic N) is 1. The predicted molar refractivity (Wildman–Crippen MR) is 185 cm³/mol. The van der Waals surface area contributed by atoms with E-state index < -0.39 is 17.1 Å². The van der Waals surface area contributed by atoms with Crippen molar-refractivity contribution < 1.29 is 14.4 Å². The molecule has 1 atom stereocenters. The number of amides is 3. The second-order valence-corrected chi connectivity index (χ2v) is 12.0. The van der Waals surface area contributed by atoms with Crippen LogP contribution in [0.5, 0.6) is 0 Å². The molecule has 1 heterocycles. The van der Waals surface area contributed by atoms with Gasteiger partial charge in [0, 0.05) is 34.2 Å². The van der Waals surface area contributed by atoms with E-state index in [1.807, 2.05) is 78.9 Å². The predicted octanol–water partition coefficient (Wildman–Crippen LogP) is 8.09. The van der Waals surface area contributed by atoms with Gasteiger partial charge in [-0.15, -0.1) is 11.8 Å². The van der Waals surface area contributed by atoms with E-state index in [0.29, 0.717) is 22.9 Å². The summed E-state index contributed by atoms with van der Waals surface area (Å²) in [5.41, 5.74) is 4.50. The van der Waals surface area contributed by atoms with Gasteiger partial charge in [-0.2, -0.15) is 0 Å². The van der Waals surface area contributed by atoms with Gasteiger partial charge in [0.1, 0.15) is 10.9 Å². The lowest BCUT2D eigenvalue weighted by molar-refractivity contribution is -0.116. The van der Waals surface area contributed by atoms with Crippen LogP contribution >= 0.6 is 11.8 Å². The molecule has 5 rings (SSSR count). The number of carbonyl (C=O) groups is 3. The first-order valence-corrected chi connectivity index (χ1v) is 15.8. The summed E-state index contributed by atoms with van der Waals surface area (Å²) in [4.78, 5) is 45.0. The maximum absolute atomic E-state index is 13.7. The van der Waals surface area contributed by atoms with Gasteiger partial charge in [0.2, 0.25) is 5.91 Å². The van der Waals surface area contributed by atoms with Gasteiger partial charge >= 0.3 is 0 Å². The van der Waals surface area contributed by atoms with Crippen molar-refractivity contribution in [1.82, 2.24) is 10.3 Å². The largest absolute Gasteiger partial charge is 0.325 e. The molecule has 0 bridgehead atoms. The van der Waals surface area contributed by atoms with Gasteiger partial charge in [0.25, 0.3) is 11.8 Å². The van der Waals surface area contributed by atoms with E-state index in [2.05, 4.69) is 34.8 Å². The molecule has 46 heavy (non-hydrogen) atoms. The Kier molecular flexibility index (Phi) is 10.8. The summed E-state index contributed by atoms with van der Waals surface area (Å²) in [6, 6.07) is 36.9. The van der Waals surface area contributed by atoms with E-state index in [1.165, 1.54) is 17.3 Å². The molecule has 0 fully saturated rings. The first-order valence-electron chi connectivity index (χ1n) is 14.9. The highest BCUT2D eigenvalue weighted by atomic mass is 32.2. The smallest absolute Gasteiger partial charge is 0.272 e. The highest BCUT2D eigenvalue weighted by Gasteiger charge is 2.23. The van der Waals surface area contributed by atoms with Crippen LogP contribution in [0.15, 0.2) is 144 Å². The molecule has 0 aliphatic carbocycles. The van der Waals surface area contributed by atoms with Crippen LogP contribution in [0.2, 0.25) is 0 Å². The second-order valence-electron chi connectivity index (χ2n) is 10.8. The van der Waals surface area contributed by atoms with Gasteiger partial charge in [0.15, 0.2) is 0 Å².